The zero-order valence-corrected chi connectivity index (χ0v) is 17.3. The van der Waals surface area contributed by atoms with Crippen LogP contribution in [0.4, 0.5) is 13.2 Å². The highest BCUT2D eigenvalue weighted by atomic mass is 32.1. The van der Waals surface area contributed by atoms with Gasteiger partial charge in [0.05, 0.1) is 0 Å². The van der Waals surface area contributed by atoms with Gasteiger partial charge in [-0.25, -0.2) is 13.2 Å². The summed E-state index contributed by atoms with van der Waals surface area (Å²) < 4.78 is 49.9. The monoisotopic (exact) mass is 429 g/mol. The molecule has 2 aromatic carbocycles. The Labute approximate surface area is 175 Å². The van der Waals surface area contributed by atoms with Gasteiger partial charge in [0.1, 0.15) is 21.9 Å². The summed E-state index contributed by atoms with van der Waals surface area (Å²) in [5.41, 5.74) is -0.208. The van der Waals surface area contributed by atoms with Crippen molar-refractivity contribution < 1.29 is 17.9 Å². The highest BCUT2D eigenvalue weighted by Crippen LogP contribution is 2.41. The highest BCUT2D eigenvalue weighted by molar-refractivity contribution is 7.17. The lowest BCUT2D eigenvalue weighted by molar-refractivity contribution is 0.221. The van der Waals surface area contributed by atoms with Crippen LogP contribution in [0.1, 0.15) is 19.4 Å². The third-order valence-electron chi connectivity index (χ3n) is 4.86. The van der Waals surface area contributed by atoms with Crippen molar-refractivity contribution in [2.24, 2.45) is 7.05 Å². The van der Waals surface area contributed by atoms with E-state index in [2.05, 4.69) is 0 Å². The lowest BCUT2D eigenvalue weighted by Gasteiger charge is -2.19. The summed E-state index contributed by atoms with van der Waals surface area (Å²) in [6.45, 7) is 2.88. The lowest BCUT2D eigenvalue weighted by Crippen LogP contribution is -2.15. The fourth-order valence-electron chi connectivity index (χ4n) is 3.26. The molecular formula is C23H18F3NO2S. The molecule has 0 N–H and O–H groups in total. The number of fused-ring (bicyclic) bond motifs is 1. The van der Waals surface area contributed by atoms with Crippen LogP contribution >= 0.6 is 11.3 Å². The Hall–Kier alpha value is -3.06. The van der Waals surface area contributed by atoms with Crippen molar-refractivity contribution in [3.8, 4) is 22.6 Å². The summed E-state index contributed by atoms with van der Waals surface area (Å²) in [6.07, 6.45) is 1.65. The molecule has 30 heavy (non-hydrogen) atoms. The van der Waals surface area contributed by atoms with Crippen LogP contribution in [-0.4, -0.2) is 4.57 Å². The first kappa shape index (κ1) is 20.2. The Bertz CT molecular complexity index is 1320. The molecule has 0 aliphatic carbocycles. The van der Waals surface area contributed by atoms with Gasteiger partial charge in [0.25, 0.3) is 5.56 Å². The van der Waals surface area contributed by atoms with Crippen LogP contribution in [0.25, 0.3) is 21.2 Å². The van der Waals surface area contributed by atoms with E-state index in [-0.39, 0.29) is 17.1 Å². The molecule has 0 amide bonds. The molecule has 0 spiro atoms. The summed E-state index contributed by atoms with van der Waals surface area (Å²) in [5, 5.41) is 2.50. The van der Waals surface area contributed by atoms with E-state index in [1.54, 1.807) is 36.8 Å². The molecule has 0 fully saturated rings. The van der Waals surface area contributed by atoms with E-state index >= 15 is 0 Å². The number of hydrogen-bond donors (Lipinski definition) is 0. The fourth-order valence-corrected chi connectivity index (χ4v) is 4.15. The number of aryl methyl sites for hydroxylation is 1. The molecule has 2 aromatic heterocycles. The normalized spacial score (nSPS) is 11.8. The number of rotatable bonds is 4. The molecule has 154 valence electrons. The van der Waals surface area contributed by atoms with Gasteiger partial charge in [0, 0.05) is 35.8 Å². The van der Waals surface area contributed by atoms with Crippen LogP contribution in [-0.2, 0) is 12.7 Å². The van der Waals surface area contributed by atoms with E-state index in [0.717, 1.165) is 12.1 Å². The van der Waals surface area contributed by atoms with Crippen molar-refractivity contribution in [1.29, 1.82) is 0 Å². The predicted molar refractivity (Wildman–Crippen MR) is 113 cm³/mol. The topological polar surface area (TPSA) is 31.2 Å². The Morgan fingerprint density at radius 3 is 2.43 bits per heavy atom. The molecule has 0 bridgehead atoms. The Kier molecular flexibility index (Phi) is 4.94. The minimum Gasteiger partial charge on any atom is -0.454 e. The third-order valence-corrected chi connectivity index (χ3v) is 5.77. The van der Waals surface area contributed by atoms with Gasteiger partial charge >= 0.3 is 0 Å². The van der Waals surface area contributed by atoms with Crippen molar-refractivity contribution in [2.75, 3.05) is 0 Å². The van der Waals surface area contributed by atoms with Crippen LogP contribution in [0.2, 0.25) is 0 Å². The number of hydrogen-bond acceptors (Lipinski definition) is 3. The second-order valence-corrected chi connectivity index (χ2v) is 8.40. The maximum Gasteiger partial charge on any atom is 0.268 e. The predicted octanol–water partition coefficient (Wildman–Crippen LogP) is 6.54. The van der Waals surface area contributed by atoms with Crippen LogP contribution in [0.5, 0.6) is 11.5 Å². The smallest absolute Gasteiger partial charge is 0.268 e. The minimum atomic E-state index is -1.62. The van der Waals surface area contributed by atoms with Crippen molar-refractivity contribution in [2.45, 2.75) is 19.5 Å². The number of aromatic nitrogens is 1. The van der Waals surface area contributed by atoms with Gasteiger partial charge in [0.2, 0.25) is 0 Å². The Balaban J connectivity index is 1.96. The number of benzene rings is 2. The van der Waals surface area contributed by atoms with E-state index in [9.17, 15) is 18.0 Å². The fraction of sp³-hybridized carbons (Fsp3) is 0.174. The number of thiophene rings is 1. The molecular weight excluding hydrogens is 411 g/mol. The molecule has 0 unspecified atom stereocenters. The molecule has 4 aromatic rings. The maximum atomic E-state index is 14.7. The second kappa shape index (κ2) is 7.32. The van der Waals surface area contributed by atoms with Gasteiger partial charge in [-0.2, -0.15) is 0 Å². The largest absolute Gasteiger partial charge is 0.454 e. The van der Waals surface area contributed by atoms with Crippen molar-refractivity contribution >= 4 is 21.4 Å². The van der Waals surface area contributed by atoms with Crippen LogP contribution in [0.3, 0.4) is 0 Å². The Morgan fingerprint density at radius 2 is 1.73 bits per heavy atom. The first-order chi connectivity index (χ1) is 14.1. The van der Waals surface area contributed by atoms with Crippen LogP contribution < -0.4 is 10.3 Å². The first-order valence-electron chi connectivity index (χ1n) is 9.18. The zero-order valence-electron chi connectivity index (χ0n) is 16.5. The molecule has 0 atom stereocenters. The maximum absolute atomic E-state index is 14.7. The standard InChI is InChI=1S/C23H18F3NO2S/c1-23(2,26)13-4-6-19(29-20-7-5-14(24)11-18(20)25)16(10-13)17-12-27(3)22(28)21-15(17)8-9-30-21/h4-12H,1-3H3. The second-order valence-electron chi connectivity index (χ2n) is 7.48. The summed E-state index contributed by atoms with van der Waals surface area (Å²) in [6, 6.07) is 9.59. The summed E-state index contributed by atoms with van der Waals surface area (Å²) >= 11 is 1.31. The lowest BCUT2D eigenvalue weighted by atomic mass is 9.94. The van der Waals surface area contributed by atoms with Crippen LogP contribution in [0.15, 0.2) is 58.8 Å². The number of halogens is 3. The van der Waals surface area contributed by atoms with Gasteiger partial charge in [-0.15, -0.1) is 11.3 Å². The van der Waals surface area contributed by atoms with Crippen LogP contribution in [0, 0.1) is 11.6 Å². The van der Waals surface area contributed by atoms with E-state index < -0.39 is 17.3 Å². The summed E-state index contributed by atoms with van der Waals surface area (Å²) in [4.78, 5) is 12.4. The molecule has 2 heterocycles. The number of alkyl halides is 1. The minimum absolute atomic E-state index is 0.141. The van der Waals surface area contributed by atoms with E-state index in [1.165, 1.54) is 35.8 Å². The number of nitrogens with zero attached hydrogens (tertiary/aromatic N) is 1. The van der Waals surface area contributed by atoms with Gasteiger partial charge in [-0.1, -0.05) is 6.07 Å². The van der Waals surface area contributed by atoms with Crippen molar-refractivity contribution in [3.05, 3.63) is 81.6 Å². The van der Waals surface area contributed by atoms with E-state index in [4.69, 9.17) is 4.74 Å². The van der Waals surface area contributed by atoms with Crippen molar-refractivity contribution in [1.82, 2.24) is 4.57 Å². The average molecular weight is 429 g/mol. The van der Waals surface area contributed by atoms with Gasteiger partial charge in [0.15, 0.2) is 11.6 Å². The third kappa shape index (κ3) is 3.61. The molecule has 7 heteroatoms. The first-order valence-corrected chi connectivity index (χ1v) is 10.1. The zero-order chi connectivity index (χ0) is 21.6. The van der Waals surface area contributed by atoms with Gasteiger partial charge in [-0.05, 0) is 55.1 Å². The van der Waals surface area contributed by atoms with Crippen molar-refractivity contribution in [3.63, 3.8) is 0 Å². The summed E-state index contributed by atoms with van der Waals surface area (Å²) in [7, 11) is 1.63. The quantitative estimate of drug-likeness (QED) is 0.369. The molecule has 0 radical (unpaired) electrons. The summed E-state index contributed by atoms with van der Waals surface area (Å²) in [5.74, 6) is -1.46. The number of ether oxygens (including phenoxy) is 1. The van der Waals surface area contributed by atoms with Gasteiger partial charge in [-0.3, -0.25) is 4.79 Å². The average Bonchev–Trinajstić information content (AvgIpc) is 3.16. The highest BCUT2D eigenvalue weighted by Gasteiger charge is 2.23. The SMILES string of the molecule is Cn1cc(-c2cc(C(C)(C)F)ccc2Oc2ccc(F)cc2F)c2ccsc2c1=O. The van der Waals surface area contributed by atoms with E-state index in [0.29, 0.717) is 26.8 Å². The van der Waals surface area contributed by atoms with E-state index in [1.807, 2.05) is 6.07 Å². The van der Waals surface area contributed by atoms with Gasteiger partial charge < -0.3 is 9.30 Å². The Morgan fingerprint density at radius 1 is 1.00 bits per heavy atom. The molecule has 0 aliphatic heterocycles. The number of pyridine rings is 1. The molecule has 0 saturated heterocycles. The molecule has 3 nitrogen and oxygen atoms in total. The molecule has 4 rings (SSSR count). The molecule has 0 aliphatic rings. The molecule has 0 saturated carbocycles.